The van der Waals surface area contributed by atoms with E-state index in [1.807, 2.05) is 0 Å². The number of carbonyl (C=O) groups is 1. The minimum absolute atomic E-state index is 0.0259. The van der Waals surface area contributed by atoms with Crippen molar-refractivity contribution >= 4 is 27.3 Å². The zero-order valence-corrected chi connectivity index (χ0v) is 17.4. The second kappa shape index (κ2) is 9.57. The second-order valence-electron chi connectivity index (χ2n) is 6.40. The fourth-order valence-corrected chi connectivity index (χ4v) is 4.32. The molecule has 6 nitrogen and oxygen atoms in total. The van der Waals surface area contributed by atoms with Gasteiger partial charge >= 0.3 is 0 Å². The lowest BCUT2D eigenvalue weighted by atomic mass is 10.2. The van der Waals surface area contributed by atoms with E-state index >= 15 is 0 Å². The van der Waals surface area contributed by atoms with Gasteiger partial charge in [-0.05, 0) is 43.3 Å². The van der Waals surface area contributed by atoms with Crippen LogP contribution in [0, 0.1) is 11.6 Å². The van der Waals surface area contributed by atoms with Crippen molar-refractivity contribution in [3.8, 4) is 5.75 Å². The van der Waals surface area contributed by atoms with Crippen molar-refractivity contribution in [2.24, 2.45) is 0 Å². The van der Waals surface area contributed by atoms with Gasteiger partial charge in [-0.1, -0.05) is 30.3 Å². The SMILES string of the molecule is CCOc1ccccc1N(CC(=O)Nc1ccc(F)cc1F)S(=O)(=O)c1ccccc1. The lowest BCUT2D eigenvalue weighted by molar-refractivity contribution is -0.114. The molecule has 0 radical (unpaired) electrons. The third-order valence-corrected chi connectivity index (χ3v) is 6.03. The Morgan fingerprint density at radius 2 is 1.68 bits per heavy atom. The predicted molar refractivity (Wildman–Crippen MR) is 114 cm³/mol. The Hall–Kier alpha value is -3.46. The first-order chi connectivity index (χ1) is 14.8. The number of nitrogens with zero attached hydrogens (tertiary/aromatic N) is 1. The molecule has 0 aliphatic heterocycles. The summed E-state index contributed by atoms with van der Waals surface area (Å²) in [5.41, 5.74) is -0.107. The maximum Gasteiger partial charge on any atom is 0.264 e. The number of anilines is 2. The first-order valence-electron chi connectivity index (χ1n) is 9.37. The Morgan fingerprint density at radius 3 is 2.35 bits per heavy atom. The van der Waals surface area contributed by atoms with E-state index in [0.29, 0.717) is 6.07 Å². The molecule has 0 heterocycles. The summed E-state index contributed by atoms with van der Waals surface area (Å²) in [6, 6.07) is 16.7. The molecule has 3 aromatic rings. The smallest absolute Gasteiger partial charge is 0.264 e. The summed E-state index contributed by atoms with van der Waals surface area (Å²) < 4.78 is 60.2. The van der Waals surface area contributed by atoms with Gasteiger partial charge in [0.1, 0.15) is 23.9 Å². The molecular weight excluding hydrogens is 426 g/mol. The number of rotatable bonds is 8. The lowest BCUT2D eigenvalue weighted by Crippen LogP contribution is -2.38. The number of carbonyl (C=O) groups excluding carboxylic acids is 1. The summed E-state index contributed by atoms with van der Waals surface area (Å²) in [7, 11) is -4.16. The Kier molecular flexibility index (Phi) is 6.86. The number of ether oxygens (including phenoxy) is 1. The van der Waals surface area contributed by atoms with Crippen LogP contribution in [0.4, 0.5) is 20.2 Å². The fraction of sp³-hybridized carbons (Fsp3) is 0.136. The number of amides is 1. The topological polar surface area (TPSA) is 75.7 Å². The highest BCUT2D eigenvalue weighted by Crippen LogP contribution is 2.32. The molecular formula is C22H20F2N2O4S. The van der Waals surface area contributed by atoms with Crippen molar-refractivity contribution in [2.45, 2.75) is 11.8 Å². The van der Waals surface area contributed by atoms with Gasteiger partial charge in [-0.2, -0.15) is 0 Å². The molecule has 0 aliphatic rings. The van der Waals surface area contributed by atoms with E-state index in [0.717, 1.165) is 16.4 Å². The molecule has 1 amide bonds. The Morgan fingerprint density at radius 1 is 1.00 bits per heavy atom. The monoisotopic (exact) mass is 446 g/mol. The number of hydrogen-bond acceptors (Lipinski definition) is 4. The average Bonchev–Trinajstić information content (AvgIpc) is 2.75. The Labute approximate surface area is 179 Å². The van der Waals surface area contributed by atoms with E-state index in [9.17, 15) is 22.0 Å². The number of sulfonamides is 1. The van der Waals surface area contributed by atoms with E-state index in [1.54, 1.807) is 43.3 Å². The summed E-state index contributed by atoms with van der Waals surface area (Å²) in [4.78, 5) is 12.6. The van der Waals surface area contributed by atoms with Gasteiger partial charge in [-0.3, -0.25) is 9.10 Å². The summed E-state index contributed by atoms with van der Waals surface area (Å²) >= 11 is 0. The van der Waals surface area contributed by atoms with Gasteiger partial charge in [0, 0.05) is 6.07 Å². The van der Waals surface area contributed by atoms with Gasteiger partial charge in [-0.25, -0.2) is 17.2 Å². The van der Waals surface area contributed by atoms with Crippen LogP contribution in [-0.4, -0.2) is 27.5 Å². The number of hydrogen-bond donors (Lipinski definition) is 1. The minimum Gasteiger partial charge on any atom is -0.492 e. The van der Waals surface area contributed by atoms with Gasteiger partial charge in [0.2, 0.25) is 5.91 Å². The molecule has 0 atom stereocenters. The number of para-hydroxylation sites is 2. The van der Waals surface area contributed by atoms with Crippen LogP contribution in [0.25, 0.3) is 0 Å². The Bertz CT molecular complexity index is 1170. The number of benzene rings is 3. The average molecular weight is 446 g/mol. The second-order valence-corrected chi connectivity index (χ2v) is 8.26. The van der Waals surface area contributed by atoms with Crippen LogP contribution in [0.2, 0.25) is 0 Å². The molecule has 162 valence electrons. The normalized spacial score (nSPS) is 11.1. The van der Waals surface area contributed by atoms with Gasteiger partial charge in [-0.15, -0.1) is 0 Å². The zero-order chi connectivity index (χ0) is 22.4. The van der Waals surface area contributed by atoms with Crippen LogP contribution >= 0.6 is 0 Å². The summed E-state index contributed by atoms with van der Waals surface area (Å²) in [5.74, 6) is -2.31. The molecule has 0 bridgehead atoms. The third-order valence-electron chi connectivity index (χ3n) is 4.26. The molecule has 0 spiro atoms. The van der Waals surface area contributed by atoms with Crippen LogP contribution in [0.15, 0.2) is 77.7 Å². The molecule has 0 saturated carbocycles. The van der Waals surface area contributed by atoms with Crippen molar-refractivity contribution < 1.29 is 26.7 Å². The zero-order valence-electron chi connectivity index (χ0n) is 16.6. The van der Waals surface area contributed by atoms with E-state index < -0.39 is 34.1 Å². The van der Waals surface area contributed by atoms with Crippen LogP contribution in [0.1, 0.15) is 6.92 Å². The highest BCUT2D eigenvalue weighted by Gasteiger charge is 2.29. The van der Waals surface area contributed by atoms with E-state index in [-0.39, 0.29) is 28.6 Å². The lowest BCUT2D eigenvalue weighted by Gasteiger charge is -2.26. The van der Waals surface area contributed by atoms with Gasteiger partial charge in [0.05, 0.1) is 22.9 Å². The van der Waals surface area contributed by atoms with Crippen molar-refractivity contribution in [2.75, 3.05) is 22.8 Å². The predicted octanol–water partition coefficient (Wildman–Crippen LogP) is 4.20. The van der Waals surface area contributed by atoms with Crippen LogP contribution in [-0.2, 0) is 14.8 Å². The molecule has 0 aromatic heterocycles. The van der Waals surface area contributed by atoms with E-state index in [1.165, 1.54) is 18.2 Å². The van der Waals surface area contributed by atoms with Crippen molar-refractivity contribution in [1.29, 1.82) is 0 Å². The van der Waals surface area contributed by atoms with Gasteiger partial charge < -0.3 is 10.1 Å². The quantitative estimate of drug-likeness (QED) is 0.563. The largest absolute Gasteiger partial charge is 0.492 e. The maximum atomic E-state index is 13.9. The van der Waals surface area contributed by atoms with E-state index in [2.05, 4.69) is 5.32 Å². The molecule has 1 N–H and O–H groups in total. The van der Waals surface area contributed by atoms with Gasteiger partial charge in [0.15, 0.2) is 0 Å². The highest BCUT2D eigenvalue weighted by molar-refractivity contribution is 7.92. The molecule has 0 aliphatic carbocycles. The van der Waals surface area contributed by atoms with Crippen molar-refractivity contribution in [1.82, 2.24) is 0 Å². The van der Waals surface area contributed by atoms with Gasteiger partial charge in [0.25, 0.3) is 10.0 Å². The molecule has 0 unspecified atom stereocenters. The van der Waals surface area contributed by atoms with Crippen LogP contribution in [0.5, 0.6) is 5.75 Å². The highest BCUT2D eigenvalue weighted by atomic mass is 32.2. The molecule has 0 saturated heterocycles. The summed E-state index contributed by atoms with van der Waals surface area (Å²) in [6.45, 7) is 1.37. The summed E-state index contributed by atoms with van der Waals surface area (Å²) in [5, 5.41) is 2.29. The number of nitrogens with one attached hydrogen (secondary N) is 1. The minimum atomic E-state index is -4.16. The molecule has 31 heavy (non-hydrogen) atoms. The third kappa shape index (κ3) is 5.18. The molecule has 3 rings (SSSR count). The van der Waals surface area contributed by atoms with Crippen molar-refractivity contribution in [3.05, 3.63) is 84.4 Å². The first kappa shape index (κ1) is 22.2. The fourth-order valence-electron chi connectivity index (χ4n) is 2.87. The van der Waals surface area contributed by atoms with Crippen LogP contribution < -0.4 is 14.4 Å². The first-order valence-corrected chi connectivity index (χ1v) is 10.8. The maximum absolute atomic E-state index is 13.9. The standard InChI is InChI=1S/C22H20F2N2O4S/c1-2-30-21-11-7-6-10-20(21)26(31(28,29)17-8-4-3-5-9-17)15-22(27)25-19-13-12-16(23)14-18(19)24/h3-14H,2,15H2,1H3,(H,25,27). The van der Waals surface area contributed by atoms with E-state index in [4.69, 9.17) is 4.74 Å². The molecule has 9 heteroatoms. The van der Waals surface area contributed by atoms with Crippen LogP contribution in [0.3, 0.4) is 0 Å². The van der Waals surface area contributed by atoms with Crippen molar-refractivity contribution in [3.63, 3.8) is 0 Å². The summed E-state index contributed by atoms with van der Waals surface area (Å²) in [6.07, 6.45) is 0. The molecule has 3 aromatic carbocycles. The number of halogens is 2. The molecule has 0 fully saturated rings. The Balaban J connectivity index is 1.99.